The Morgan fingerprint density at radius 3 is 2.71 bits per heavy atom. The van der Waals surface area contributed by atoms with E-state index in [1.54, 1.807) is 32.4 Å². The van der Waals surface area contributed by atoms with Crippen LogP contribution in [0.1, 0.15) is 11.8 Å². The van der Waals surface area contributed by atoms with Crippen LogP contribution in [0, 0.1) is 0 Å². The molecule has 17 heavy (non-hydrogen) atoms. The summed E-state index contributed by atoms with van der Waals surface area (Å²) in [6.45, 7) is 2.60. The lowest BCUT2D eigenvalue weighted by molar-refractivity contribution is 0.458. The summed E-state index contributed by atoms with van der Waals surface area (Å²) in [5.74, 6) is 0. The van der Waals surface area contributed by atoms with Crippen molar-refractivity contribution in [2.45, 2.75) is 18.7 Å². The van der Waals surface area contributed by atoms with Gasteiger partial charge in [-0.15, -0.1) is 11.3 Å². The summed E-state index contributed by atoms with van der Waals surface area (Å²) < 4.78 is 26.6. The Morgan fingerprint density at radius 1 is 1.59 bits per heavy atom. The van der Waals surface area contributed by atoms with Gasteiger partial charge in [0, 0.05) is 34.9 Å². The molecule has 0 aliphatic rings. The zero-order chi connectivity index (χ0) is 13.1. The predicted molar refractivity (Wildman–Crippen MR) is 75.8 cm³/mol. The number of halogens is 1. The zero-order valence-electron chi connectivity index (χ0n) is 10.1. The van der Waals surface area contributed by atoms with E-state index in [9.17, 15) is 8.42 Å². The van der Waals surface area contributed by atoms with E-state index in [-0.39, 0.29) is 0 Å². The fourth-order valence-electron chi connectivity index (χ4n) is 1.45. The maximum atomic E-state index is 12.1. The number of hydrogen-bond donors (Lipinski definition) is 1. The quantitative estimate of drug-likeness (QED) is 0.860. The van der Waals surface area contributed by atoms with Gasteiger partial charge in [0.2, 0.25) is 10.0 Å². The topological polar surface area (TPSA) is 49.4 Å². The van der Waals surface area contributed by atoms with E-state index in [0.29, 0.717) is 13.1 Å². The summed E-state index contributed by atoms with van der Waals surface area (Å²) >= 11 is 4.91. The summed E-state index contributed by atoms with van der Waals surface area (Å²) in [7, 11) is 0.145. The predicted octanol–water partition coefficient (Wildman–Crippen LogP) is 1.88. The standard InChI is InChI=1S/C10H17BrN2O2S2/c1-8(5-12-2)17(14,15)13(3)6-10-4-9(11)7-16-10/h4,7-8,12H,5-6H2,1-3H3. The largest absolute Gasteiger partial charge is 0.318 e. The minimum Gasteiger partial charge on any atom is -0.318 e. The van der Waals surface area contributed by atoms with Gasteiger partial charge in [-0.05, 0) is 36.0 Å². The van der Waals surface area contributed by atoms with Gasteiger partial charge in [0.05, 0.1) is 5.25 Å². The van der Waals surface area contributed by atoms with E-state index in [1.807, 2.05) is 11.4 Å². The van der Waals surface area contributed by atoms with Crippen LogP contribution < -0.4 is 5.32 Å². The fourth-order valence-corrected chi connectivity index (χ4v) is 4.34. The second-order valence-electron chi connectivity index (χ2n) is 3.90. The van der Waals surface area contributed by atoms with Gasteiger partial charge in [0.15, 0.2) is 0 Å². The van der Waals surface area contributed by atoms with Gasteiger partial charge in [0.1, 0.15) is 0 Å². The lowest BCUT2D eigenvalue weighted by Gasteiger charge is -2.21. The highest BCUT2D eigenvalue weighted by Gasteiger charge is 2.25. The van der Waals surface area contributed by atoms with Gasteiger partial charge in [-0.25, -0.2) is 8.42 Å². The molecule has 98 valence electrons. The lowest BCUT2D eigenvalue weighted by Crippen LogP contribution is -2.38. The summed E-state index contributed by atoms with van der Waals surface area (Å²) in [5.41, 5.74) is 0. The first-order valence-electron chi connectivity index (χ1n) is 5.20. The average Bonchev–Trinajstić information content (AvgIpc) is 2.64. The molecular weight excluding hydrogens is 324 g/mol. The van der Waals surface area contributed by atoms with Gasteiger partial charge in [-0.1, -0.05) is 0 Å². The monoisotopic (exact) mass is 340 g/mol. The Hall–Kier alpha value is 0.0500. The average molecular weight is 341 g/mol. The Balaban J connectivity index is 2.72. The number of sulfonamides is 1. The van der Waals surface area contributed by atoms with E-state index < -0.39 is 15.3 Å². The van der Waals surface area contributed by atoms with Crippen molar-refractivity contribution in [3.05, 3.63) is 20.8 Å². The third kappa shape index (κ3) is 4.03. The van der Waals surface area contributed by atoms with Crippen molar-refractivity contribution in [1.29, 1.82) is 0 Å². The first kappa shape index (κ1) is 15.1. The van der Waals surface area contributed by atoms with Crippen molar-refractivity contribution in [1.82, 2.24) is 9.62 Å². The Bertz CT molecular complexity index is 459. The minimum absolute atomic E-state index is 0.416. The van der Waals surface area contributed by atoms with Gasteiger partial charge in [-0.2, -0.15) is 4.31 Å². The summed E-state index contributed by atoms with van der Waals surface area (Å²) in [6, 6.07) is 1.94. The second kappa shape index (κ2) is 6.29. The molecule has 1 unspecified atom stereocenters. The molecule has 1 rings (SSSR count). The Kier molecular flexibility index (Phi) is 5.59. The van der Waals surface area contributed by atoms with Crippen molar-refractivity contribution >= 4 is 37.3 Å². The zero-order valence-corrected chi connectivity index (χ0v) is 13.3. The highest BCUT2D eigenvalue weighted by Crippen LogP contribution is 2.22. The fraction of sp³-hybridized carbons (Fsp3) is 0.600. The molecule has 0 saturated heterocycles. The molecule has 0 saturated carbocycles. The molecule has 0 radical (unpaired) electrons. The van der Waals surface area contributed by atoms with Crippen molar-refractivity contribution < 1.29 is 8.42 Å². The van der Waals surface area contributed by atoms with Crippen LogP contribution >= 0.6 is 27.3 Å². The van der Waals surface area contributed by atoms with Gasteiger partial charge < -0.3 is 5.32 Å². The van der Waals surface area contributed by atoms with Crippen LogP contribution in [-0.4, -0.2) is 38.6 Å². The van der Waals surface area contributed by atoms with Crippen LogP contribution in [-0.2, 0) is 16.6 Å². The number of hydrogen-bond acceptors (Lipinski definition) is 4. The normalized spacial score (nSPS) is 14.2. The lowest BCUT2D eigenvalue weighted by atomic mass is 10.5. The molecule has 1 aromatic heterocycles. The minimum atomic E-state index is -3.23. The van der Waals surface area contributed by atoms with E-state index in [2.05, 4.69) is 21.2 Å². The van der Waals surface area contributed by atoms with Crippen LogP contribution in [0.3, 0.4) is 0 Å². The SMILES string of the molecule is CNCC(C)S(=O)(=O)N(C)Cc1cc(Br)cs1. The third-order valence-corrected chi connectivity index (χ3v) is 6.30. The molecule has 0 aromatic carbocycles. The van der Waals surface area contributed by atoms with Crippen molar-refractivity contribution in [3.8, 4) is 0 Å². The van der Waals surface area contributed by atoms with Crippen LogP contribution in [0.25, 0.3) is 0 Å². The van der Waals surface area contributed by atoms with Gasteiger partial charge in [-0.3, -0.25) is 0 Å². The molecule has 1 N–H and O–H groups in total. The van der Waals surface area contributed by atoms with Gasteiger partial charge >= 0.3 is 0 Å². The van der Waals surface area contributed by atoms with E-state index in [0.717, 1.165) is 9.35 Å². The molecule has 1 heterocycles. The summed E-state index contributed by atoms with van der Waals surface area (Å²) in [4.78, 5) is 1.03. The molecule has 1 atom stereocenters. The first-order chi connectivity index (χ1) is 7.87. The number of rotatable bonds is 6. The highest BCUT2D eigenvalue weighted by molar-refractivity contribution is 9.10. The van der Waals surface area contributed by atoms with Crippen LogP contribution in [0.2, 0.25) is 0 Å². The Morgan fingerprint density at radius 2 is 2.24 bits per heavy atom. The molecule has 4 nitrogen and oxygen atoms in total. The molecule has 0 bridgehead atoms. The summed E-state index contributed by atoms with van der Waals surface area (Å²) in [6.07, 6.45) is 0. The molecule has 0 spiro atoms. The van der Waals surface area contributed by atoms with Crippen LogP contribution in [0.4, 0.5) is 0 Å². The number of nitrogens with one attached hydrogen (secondary N) is 1. The van der Waals surface area contributed by atoms with E-state index in [1.165, 1.54) is 4.31 Å². The highest BCUT2D eigenvalue weighted by atomic mass is 79.9. The Labute approximate surface area is 115 Å². The second-order valence-corrected chi connectivity index (χ2v) is 8.27. The molecule has 0 aliphatic carbocycles. The van der Waals surface area contributed by atoms with E-state index >= 15 is 0 Å². The van der Waals surface area contributed by atoms with Crippen molar-refractivity contribution in [2.24, 2.45) is 0 Å². The molecule has 7 heteroatoms. The maximum Gasteiger partial charge on any atom is 0.218 e. The number of thiophene rings is 1. The van der Waals surface area contributed by atoms with Crippen molar-refractivity contribution in [2.75, 3.05) is 20.6 Å². The number of nitrogens with zero attached hydrogens (tertiary/aromatic N) is 1. The maximum absolute atomic E-state index is 12.1. The molecule has 0 aliphatic heterocycles. The van der Waals surface area contributed by atoms with E-state index in [4.69, 9.17) is 0 Å². The smallest absolute Gasteiger partial charge is 0.218 e. The van der Waals surface area contributed by atoms with Gasteiger partial charge in [0.25, 0.3) is 0 Å². The molecular formula is C10H17BrN2O2S2. The molecule has 1 aromatic rings. The first-order valence-corrected chi connectivity index (χ1v) is 8.38. The third-order valence-electron chi connectivity index (χ3n) is 2.43. The molecule has 0 amide bonds. The summed E-state index contributed by atoms with van der Waals surface area (Å²) in [5, 5.41) is 4.42. The van der Waals surface area contributed by atoms with Crippen molar-refractivity contribution in [3.63, 3.8) is 0 Å². The van der Waals surface area contributed by atoms with Crippen LogP contribution in [0.15, 0.2) is 15.9 Å². The molecule has 0 fully saturated rings. The van der Waals surface area contributed by atoms with Crippen LogP contribution in [0.5, 0.6) is 0 Å².